The number of benzene rings is 3. The quantitative estimate of drug-likeness (QED) is 0.244. The van der Waals surface area contributed by atoms with Gasteiger partial charge in [-0.2, -0.15) is 5.26 Å². The SMILES string of the molecule is CCc1ncncc1NC(=O)CNC(=O)OC.N#Cc1ccc(OC[C@@H]2CNCCO2)cc1.c1ccc(Cc2ccccc2)cc1. The van der Waals surface area contributed by atoms with Gasteiger partial charge in [0.15, 0.2) is 0 Å². The minimum atomic E-state index is -0.653. The third kappa shape index (κ3) is 13.5. The lowest BCUT2D eigenvalue weighted by atomic mass is 10.1. The molecule has 0 saturated carbocycles. The third-order valence-corrected chi connectivity index (χ3v) is 6.50. The monoisotopic (exact) mass is 624 g/mol. The number of carbonyl (C=O) groups is 2. The number of carbonyl (C=O) groups excluding carboxylic acids is 2. The summed E-state index contributed by atoms with van der Waals surface area (Å²) in [5, 5.41) is 16.8. The van der Waals surface area contributed by atoms with Gasteiger partial charge in [-0.15, -0.1) is 0 Å². The molecule has 4 aromatic rings. The van der Waals surface area contributed by atoms with Crippen LogP contribution in [-0.4, -0.2) is 68.0 Å². The van der Waals surface area contributed by atoms with Gasteiger partial charge in [-0.25, -0.2) is 14.8 Å². The molecule has 0 radical (unpaired) electrons. The third-order valence-electron chi connectivity index (χ3n) is 6.50. The zero-order chi connectivity index (χ0) is 32.8. The summed E-state index contributed by atoms with van der Waals surface area (Å²) in [6.07, 6.45) is 4.11. The second-order valence-corrected chi connectivity index (χ2v) is 9.92. The first-order chi connectivity index (χ1) is 22.5. The number of anilines is 1. The molecule has 2 amide bonds. The van der Waals surface area contributed by atoms with Crippen molar-refractivity contribution in [3.8, 4) is 11.8 Å². The molecule has 1 aliphatic heterocycles. The van der Waals surface area contributed by atoms with E-state index in [9.17, 15) is 9.59 Å². The number of methoxy groups -OCH3 is 1. The van der Waals surface area contributed by atoms with Crippen molar-refractivity contribution in [1.82, 2.24) is 20.6 Å². The van der Waals surface area contributed by atoms with E-state index < -0.39 is 6.09 Å². The fourth-order valence-corrected chi connectivity index (χ4v) is 4.13. The molecule has 5 rings (SSSR count). The molecule has 2 heterocycles. The molecule has 240 valence electrons. The molecule has 3 N–H and O–H groups in total. The standard InChI is InChI=1S/C13H12.C12H14N2O2.C10H14N4O3/c1-3-7-12(8-4-1)11-13-9-5-2-6-10-13;13-7-10-1-3-11(4-2-10)16-9-12-8-14-5-6-15-12;1-3-7-8(4-11-6-13-7)14-9(15)5-12-10(16)17-2/h1-10H,11H2;1-4,12,14H,5-6,8-9H2;4,6H,3,5H2,1-2H3,(H,12,16)(H,14,15)/t;12-;/m.0./s1. The van der Waals surface area contributed by atoms with Gasteiger partial charge in [0.25, 0.3) is 0 Å². The molecule has 0 unspecified atom stereocenters. The predicted molar refractivity (Wildman–Crippen MR) is 175 cm³/mol. The van der Waals surface area contributed by atoms with E-state index >= 15 is 0 Å². The molecule has 11 nitrogen and oxygen atoms in total. The lowest BCUT2D eigenvalue weighted by Gasteiger charge is -2.23. The number of nitriles is 1. The molecule has 46 heavy (non-hydrogen) atoms. The number of aromatic nitrogens is 2. The molecule has 3 aromatic carbocycles. The maximum Gasteiger partial charge on any atom is 0.407 e. The lowest BCUT2D eigenvalue weighted by molar-refractivity contribution is -0.115. The highest BCUT2D eigenvalue weighted by molar-refractivity contribution is 5.94. The van der Waals surface area contributed by atoms with Gasteiger partial charge in [-0.3, -0.25) is 4.79 Å². The van der Waals surface area contributed by atoms with Crippen LogP contribution in [0.4, 0.5) is 10.5 Å². The Bertz CT molecular complexity index is 1450. The van der Waals surface area contributed by atoms with Gasteiger partial charge < -0.3 is 30.2 Å². The second kappa shape index (κ2) is 20.6. The first-order valence-electron chi connectivity index (χ1n) is 14.9. The summed E-state index contributed by atoms with van der Waals surface area (Å²) in [6, 6.07) is 30.2. The minimum absolute atomic E-state index is 0.115. The van der Waals surface area contributed by atoms with Gasteiger partial charge in [0.2, 0.25) is 5.91 Å². The first kappa shape index (κ1) is 35.2. The van der Waals surface area contributed by atoms with Crippen LogP contribution in [0.5, 0.6) is 5.75 Å². The fraction of sp³-hybridized carbons (Fsp3) is 0.286. The number of alkyl carbamates (subject to hydrolysis) is 1. The molecule has 1 saturated heterocycles. The van der Waals surface area contributed by atoms with Crippen LogP contribution >= 0.6 is 0 Å². The predicted octanol–water partition coefficient (Wildman–Crippen LogP) is 4.54. The van der Waals surface area contributed by atoms with Crippen LogP contribution in [0, 0.1) is 11.3 Å². The Morgan fingerprint density at radius 1 is 1.02 bits per heavy atom. The number of nitrogens with one attached hydrogen (secondary N) is 3. The van der Waals surface area contributed by atoms with Crippen LogP contribution in [-0.2, 0) is 27.1 Å². The van der Waals surface area contributed by atoms with Crippen molar-refractivity contribution >= 4 is 17.7 Å². The number of nitrogens with zero attached hydrogens (tertiary/aromatic N) is 3. The van der Waals surface area contributed by atoms with Crippen LogP contribution < -0.4 is 20.7 Å². The molecule has 0 aliphatic carbocycles. The topological polar surface area (TPSA) is 147 Å². The number of aryl methyl sites for hydroxylation is 1. The van der Waals surface area contributed by atoms with E-state index in [0.29, 0.717) is 24.3 Å². The number of hydrogen-bond acceptors (Lipinski definition) is 9. The number of hydrogen-bond donors (Lipinski definition) is 3. The van der Waals surface area contributed by atoms with Gasteiger partial charge in [-0.1, -0.05) is 67.6 Å². The Hall–Kier alpha value is -5.31. The Labute approximate surface area is 269 Å². The van der Waals surface area contributed by atoms with Crippen molar-refractivity contribution in [2.75, 3.05) is 45.3 Å². The zero-order valence-corrected chi connectivity index (χ0v) is 26.1. The van der Waals surface area contributed by atoms with Gasteiger partial charge in [0, 0.05) is 13.1 Å². The van der Waals surface area contributed by atoms with Gasteiger partial charge in [0.05, 0.1) is 42.9 Å². The Morgan fingerprint density at radius 2 is 1.70 bits per heavy atom. The fourth-order valence-electron chi connectivity index (χ4n) is 4.13. The summed E-state index contributed by atoms with van der Waals surface area (Å²) < 4.78 is 15.4. The minimum Gasteiger partial charge on any atom is -0.491 e. The number of amides is 2. The maximum absolute atomic E-state index is 11.5. The molecule has 1 aliphatic rings. The van der Waals surface area contributed by atoms with Crippen molar-refractivity contribution in [3.05, 3.63) is 120 Å². The second-order valence-electron chi connectivity index (χ2n) is 9.92. The smallest absolute Gasteiger partial charge is 0.407 e. The molecule has 1 aromatic heterocycles. The largest absolute Gasteiger partial charge is 0.491 e. The molecular weight excluding hydrogens is 584 g/mol. The van der Waals surface area contributed by atoms with Crippen LogP contribution in [0.25, 0.3) is 0 Å². The van der Waals surface area contributed by atoms with Gasteiger partial charge in [-0.05, 0) is 48.2 Å². The Balaban J connectivity index is 0.000000189. The van der Waals surface area contributed by atoms with Crippen molar-refractivity contribution in [3.63, 3.8) is 0 Å². The molecule has 1 atom stereocenters. The number of rotatable bonds is 9. The Morgan fingerprint density at radius 3 is 2.26 bits per heavy atom. The number of morpholine rings is 1. The average Bonchev–Trinajstić information content (AvgIpc) is 3.12. The molecule has 0 spiro atoms. The zero-order valence-electron chi connectivity index (χ0n) is 26.1. The highest BCUT2D eigenvalue weighted by atomic mass is 16.5. The van der Waals surface area contributed by atoms with Crippen molar-refractivity contribution < 1.29 is 23.8 Å². The summed E-state index contributed by atoms with van der Waals surface area (Å²) in [5.41, 5.74) is 4.67. The van der Waals surface area contributed by atoms with Crippen molar-refractivity contribution in [2.45, 2.75) is 25.9 Å². The van der Waals surface area contributed by atoms with Crippen LogP contribution in [0.15, 0.2) is 97.5 Å². The highest BCUT2D eigenvalue weighted by Gasteiger charge is 2.13. The van der Waals surface area contributed by atoms with Gasteiger partial charge >= 0.3 is 6.09 Å². The summed E-state index contributed by atoms with van der Waals surface area (Å²) in [7, 11) is 1.23. The van der Waals surface area contributed by atoms with Crippen molar-refractivity contribution in [2.24, 2.45) is 0 Å². The summed E-state index contributed by atoms with van der Waals surface area (Å²) in [4.78, 5) is 30.1. The van der Waals surface area contributed by atoms with E-state index in [0.717, 1.165) is 37.6 Å². The lowest BCUT2D eigenvalue weighted by Crippen LogP contribution is -2.41. The molecule has 0 bridgehead atoms. The van der Waals surface area contributed by atoms with E-state index in [1.54, 1.807) is 24.3 Å². The summed E-state index contributed by atoms with van der Waals surface area (Å²) in [6.45, 7) is 4.78. The molecule has 11 heteroatoms. The molecule has 1 fully saturated rings. The van der Waals surface area contributed by atoms with E-state index in [-0.39, 0.29) is 18.6 Å². The maximum atomic E-state index is 11.5. The average molecular weight is 625 g/mol. The van der Waals surface area contributed by atoms with Crippen LogP contribution in [0.2, 0.25) is 0 Å². The Kier molecular flexibility index (Phi) is 15.8. The van der Waals surface area contributed by atoms with E-state index in [4.69, 9.17) is 14.7 Å². The van der Waals surface area contributed by atoms with Crippen LogP contribution in [0.1, 0.15) is 29.3 Å². The van der Waals surface area contributed by atoms with Gasteiger partial charge in [0.1, 0.15) is 31.3 Å². The van der Waals surface area contributed by atoms with E-state index in [1.807, 2.05) is 6.92 Å². The first-order valence-corrected chi connectivity index (χ1v) is 14.9. The summed E-state index contributed by atoms with van der Waals surface area (Å²) in [5.74, 6) is 0.410. The van der Waals surface area contributed by atoms with Crippen molar-refractivity contribution in [1.29, 1.82) is 5.26 Å². The molecular formula is C35H40N6O5. The van der Waals surface area contributed by atoms with E-state index in [1.165, 1.54) is 30.8 Å². The summed E-state index contributed by atoms with van der Waals surface area (Å²) >= 11 is 0. The number of ether oxygens (including phenoxy) is 3. The normalized spacial score (nSPS) is 13.3. The highest BCUT2D eigenvalue weighted by Crippen LogP contribution is 2.13. The van der Waals surface area contributed by atoms with Crippen LogP contribution in [0.3, 0.4) is 0 Å². The van der Waals surface area contributed by atoms with E-state index in [2.05, 4.69) is 97.4 Å².